The number of alkyl halides is 1. The molecular formula is C14H17BrN2O3. The summed E-state index contributed by atoms with van der Waals surface area (Å²) in [5.41, 5.74) is 0.988. The van der Waals surface area contributed by atoms with Crippen molar-refractivity contribution in [3.8, 4) is 17.2 Å². The Labute approximate surface area is 126 Å². The predicted molar refractivity (Wildman–Crippen MR) is 80.1 cm³/mol. The van der Waals surface area contributed by atoms with Crippen LogP contribution in [0.15, 0.2) is 24.5 Å². The molecule has 20 heavy (non-hydrogen) atoms. The molecule has 0 saturated carbocycles. The molecule has 0 bridgehead atoms. The van der Waals surface area contributed by atoms with E-state index >= 15 is 0 Å². The van der Waals surface area contributed by atoms with Crippen LogP contribution in [0.2, 0.25) is 0 Å². The average Bonchev–Trinajstić information content (AvgIpc) is 2.98. The van der Waals surface area contributed by atoms with Gasteiger partial charge >= 0.3 is 0 Å². The number of rotatable bonds is 6. The Morgan fingerprint density at radius 3 is 2.45 bits per heavy atom. The van der Waals surface area contributed by atoms with Crippen LogP contribution in [-0.2, 0) is 6.42 Å². The van der Waals surface area contributed by atoms with E-state index in [0.717, 1.165) is 17.8 Å². The second kappa shape index (κ2) is 6.65. The Kier molecular flexibility index (Phi) is 4.89. The van der Waals surface area contributed by atoms with E-state index in [2.05, 4.69) is 25.9 Å². The summed E-state index contributed by atoms with van der Waals surface area (Å²) in [7, 11) is 4.82. The molecule has 0 aliphatic carbocycles. The Morgan fingerprint density at radius 2 is 1.90 bits per heavy atom. The van der Waals surface area contributed by atoms with Crippen LogP contribution >= 0.6 is 15.9 Å². The monoisotopic (exact) mass is 340 g/mol. The predicted octanol–water partition coefficient (Wildman–Crippen LogP) is 3.11. The maximum absolute atomic E-state index is 5.48. The first-order chi connectivity index (χ1) is 9.71. The quantitative estimate of drug-likeness (QED) is 0.821. The fraction of sp³-hybridized carbons (Fsp3) is 0.357. The van der Waals surface area contributed by atoms with Gasteiger partial charge in [-0.25, -0.2) is 4.98 Å². The number of benzene rings is 1. The van der Waals surface area contributed by atoms with E-state index < -0.39 is 0 Å². The number of halogens is 1. The van der Waals surface area contributed by atoms with Crippen LogP contribution < -0.4 is 14.2 Å². The molecule has 0 saturated heterocycles. The van der Waals surface area contributed by atoms with Crippen LogP contribution in [0.1, 0.15) is 16.2 Å². The Bertz CT molecular complexity index is 558. The number of nitrogens with one attached hydrogen (secondary N) is 1. The number of ether oxygens (including phenoxy) is 3. The van der Waals surface area contributed by atoms with Gasteiger partial charge < -0.3 is 19.2 Å². The van der Waals surface area contributed by atoms with Gasteiger partial charge in [0, 0.05) is 24.4 Å². The van der Waals surface area contributed by atoms with E-state index in [4.69, 9.17) is 14.2 Å². The summed E-state index contributed by atoms with van der Waals surface area (Å²) in [4.78, 5) is 7.38. The molecule has 1 aromatic heterocycles. The van der Waals surface area contributed by atoms with Gasteiger partial charge in [-0.3, -0.25) is 0 Å². The van der Waals surface area contributed by atoms with Gasteiger partial charge in [0.15, 0.2) is 11.5 Å². The molecule has 6 heteroatoms. The summed E-state index contributed by atoms with van der Waals surface area (Å²) < 4.78 is 16.2. The highest BCUT2D eigenvalue weighted by molar-refractivity contribution is 9.09. The fourth-order valence-corrected chi connectivity index (χ4v) is 2.73. The number of hydrogen-bond acceptors (Lipinski definition) is 4. The van der Waals surface area contributed by atoms with E-state index in [1.54, 1.807) is 33.7 Å². The van der Waals surface area contributed by atoms with Gasteiger partial charge in [-0.05, 0) is 6.07 Å². The van der Waals surface area contributed by atoms with Crippen molar-refractivity contribution in [2.24, 2.45) is 0 Å². The number of methoxy groups -OCH3 is 3. The zero-order valence-electron chi connectivity index (χ0n) is 11.6. The summed E-state index contributed by atoms with van der Waals surface area (Å²) in [6.07, 6.45) is 4.26. The highest BCUT2D eigenvalue weighted by Gasteiger charge is 2.21. The first kappa shape index (κ1) is 14.7. The largest absolute Gasteiger partial charge is 0.493 e. The maximum atomic E-state index is 5.48. The van der Waals surface area contributed by atoms with Gasteiger partial charge in [0.1, 0.15) is 5.82 Å². The van der Waals surface area contributed by atoms with Crippen molar-refractivity contribution in [2.45, 2.75) is 11.2 Å². The normalized spacial score (nSPS) is 12.0. The summed E-state index contributed by atoms with van der Waals surface area (Å²) >= 11 is 3.67. The molecule has 0 aliphatic heterocycles. The lowest BCUT2D eigenvalue weighted by Gasteiger charge is -2.18. The zero-order valence-corrected chi connectivity index (χ0v) is 13.2. The van der Waals surface area contributed by atoms with Gasteiger partial charge in [-0.1, -0.05) is 22.0 Å². The number of aromatic nitrogens is 2. The molecule has 0 spiro atoms. The first-order valence-electron chi connectivity index (χ1n) is 6.12. The number of hydrogen-bond donors (Lipinski definition) is 1. The zero-order chi connectivity index (χ0) is 14.5. The van der Waals surface area contributed by atoms with Crippen molar-refractivity contribution in [3.05, 3.63) is 35.9 Å². The number of imidazole rings is 1. The van der Waals surface area contributed by atoms with E-state index in [1.165, 1.54) is 0 Å². The molecule has 1 aromatic carbocycles. The standard InChI is InChI=1S/C14H17BrN2O3/c1-18-11-5-4-9(13(19-2)14(11)20-3)10(15)8-12-16-6-7-17-12/h4-7,10H,8H2,1-3H3,(H,16,17). The molecule has 1 atom stereocenters. The molecule has 1 heterocycles. The topological polar surface area (TPSA) is 56.4 Å². The molecule has 0 fully saturated rings. The third-order valence-electron chi connectivity index (χ3n) is 3.00. The Morgan fingerprint density at radius 1 is 1.15 bits per heavy atom. The summed E-state index contributed by atoms with van der Waals surface area (Å²) in [5.74, 6) is 2.81. The van der Waals surface area contributed by atoms with Crippen LogP contribution in [0.5, 0.6) is 17.2 Å². The van der Waals surface area contributed by atoms with Crippen molar-refractivity contribution in [3.63, 3.8) is 0 Å². The molecule has 2 rings (SSSR count). The summed E-state index contributed by atoms with van der Waals surface area (Å²) in [5, 5.41) is 0. The van der Waals surface area contributed by atoms with Crippen LogP contribution in [0.3, 0.4) is 0 Å². The molecule has 0 radical (unpaired) electrons. The molecule has 2 aromatic rings. The molecule has 1 unspecified atom stereocenters. The molecule has 0 amide bonds. The van der Waals surface area contributed by atoms with E-state index in [1.807, 2.05) is 12.1 Å². The lowest BCUT2D eigenvalue weighted by molar-refractivity contribution is 0.322. The number of H-pyrrole nitrogens is 1. The van der Waals surface area contributed by atoms with Crippen molar-refractivity contribution >= 4 is 15.9 Å². The van der Waals surface area contributed by atoms with Crippen molar-refractivity contribution < 1.29 is 14.2 Å². The van der Waals surface area contributed by atoms with Gasteiger partial charge in [0.05, 0.1) is 26.2 Å². The van der Waals surface area contributed by atoms with Crippen LogP contribution in [0.4, 0.5) is 0 Å². The highest BCUT2D eigenvalue weighted by atomic mass is 79.9. The first-order valence-corrected chi connectivity index (χ1v) is 7.04. The molecular weight excluding hydrogens is 324 g/mol. The third kappa shape index (κ3) is 2.90. The van der Waals surface area contributed by atoms with Gasteiger partial charge in [0.25, 0.3) is 0 Å². The van der Waals surface area contributed by atoms with Gasteiger partial charge in [0.2, 0.25) is 5.75 Å². The Balaban J connectivity index is 2.35. The average molecular weight is 341 g/mol. The smallest absolute Gasteiger partial charge is 0.203 e. The van der Waals surface area contributed by atoms with Crippen LogP contribution in [0, 0.1) is 0 Å². The summed E-state index contributed by atoms with van der Waals surface area (Å²) in [6.45, 7) is 0. The SMILES string of the molecule is COc1ccc(C(Br)Cc2ncc[nH]2)c(OC)c1OC. The van der Waals surface area contributed by atoms with E-state index in [9.17, 15) is 0 Å². The third-order valence-corrected chi connectivity index (χ3v) is 3.82. The van der Waals surface area contributed by atoms with Crippen LogP contribution in [-0.4, -0.2) is 31.3 Å². The molecule has 1 N–H and O–H groups in total. The number of nitrogens with zero attached hydrogens (tertiary/aromatic N) is 1. The minimum atomic E-state index is 0.0587. The molecule has 0 aliphatic rings. The van der Waals surface area contributed by atoms with E-state index in [-0.39, 0.29) is 4.83 Å². The number of aromatic amines is 1. The fourth-order valence-electron chi connectivity index (χ4n) is 2.06. The second-order valence-corrected chi connectivity index (χ2v) is 5.24. The van der Waals surface area contributed by atoms with Crippen molar-refractivity contribution in [1.29, 1.82) is 0 Å². The van der Waals surface area contributed by atoms with Crippen molar-refractivity contribution in [1.82, 2.24) is 9.97 Å². The lowest BCUT2D eigenvalue weighted by Crippen LogP contribution is -2.03. The minimum absolute atomic E-state index is 0.0587. The Hall–Kier alpha value is -1.69. The van der Waals surface area contributed by atoms with Crippen molar-refractivity contribution in [2.75, 3.05) is 21.3 Å². The van der Waals surface area contributed by atoms with E-state index in [0.29, 0.717) is 17.2 Å². The summed E-state index contributed by atoms with van der Waals surface area (Å²) in [6, 6.07) is 3.83. The van der Waals surface area contributed by atoms with Gasteiger partial charge in [-0.15, -0.1) is 0 Å². The highest BCUT2D eigenvalue weighted by Crippen LogP contribution is 2.44. The van der Waals surface area contributed by atoms with Gasteiger partial charge in [-0.2, -0.15) is 0 Å². The lowest BCUT2D eigenvalue weighted by atomic mass is 10.1. The molecule has 108 valence electrons. The van der Waals surface area contributed by atoms with Crippen LogP contribution in [0.25, 0.3) is 0 Å². The maximum Gasteiger partial charge on any atom is 0.203 e. The minimum Gasteiger partial charge on any atom is -0.493 e. The molecule has 5 nitrogen and oxygen atoms in total. The second-order valence-electron chi connectivity index (χ2n) is 4.13.